The molecule has 0 unspecified atom stereocenters. The number of hydrogen-bond donors (Lipinski definition) is 2. The van der Waals surface area contributed by atoms with Crippen LogP contribution in [-0.2, 0) is 23.8 Å². The van der Waals surface area contributed by atoms with E-state index < -0.39 is 41.8 Å². The average molecular weight is 286 g/mol. The monoisotopic (exact) mass is 286 g/mol. The van der Waals surface area contributed by atoms with Crippen molar-refractivity contribution in [3.05, 3.63) is 11.8 Å². The number of rotatable bonds is 2. The first-order chi connectivity index (χ1) is 9.30. The number of aliphatic hydroxyl groups is 2. The highest BCUT2D eigenvalue weighted by Gasteiger charge is 2.60. The Morgan fingerprint density at radius 3 is 2.65 bits per heavy atom. The summed E-state index contributed by atoms with van der Waals surface area (Å²) in [5, 5.41) is 20.2. The van der Waals surface area contributed by atoms with Crippen molar-refractivity contribution in [3.63, 3.8) is 0 Å². The van der Waals surface area contributed by atoms with Gasteiger partial charge >= 0.3 is 11.9 Å². The van der Waals surface area contributed by atoms with Crippen LogP contribution in [0.4, 0.5) is 0 Å². The van der Waals surface area contributed by atoms with Gasteiger partial charge in [-0.15, -0.1) is 0 Å². The molecule has 1 aliphatic carbocycles. The number of ether oxygens (including phenoxy) is 3. The lowest BCUT2D eigenvalue weighted by atomic mass is 9.80. The number of aliphatic hydroxyl groups excluding tert-OH is 2. The maximum Gasteiger partial charge on any atom is 0.337 e. The predicted octanol–water partition coefficient (Wildman–Crippen LogP) is -0.289. The second kappa shape index (κ2) is 5.06. The van der Waals surface area contributed by atoms with Crippen LogP contribution in [0, 0.1) is 11.8 Å². The Balaban J connectivity index is 2.38. The molecule has 20 heavy (non-hydrogen) atoms. The van der Waals surface area contributed by atoms with Crippen LogP contribution in [0.2, 0.25) is 0 Å². The number of methoxy groups -OCH3 is 1. The Hall–Kier alpha value is -1.60. The first-order valence-electron chi connectivity index (χ1n) is 6.29. The summed E-state index contributed by atoms with van der Waals surface area (Å²) in [6, 6.07) is 0. The molecule has 0 spiro atoms. The second-order valence-corrected chi connectivity index (χ2v) is 5.32. The van der Waals surface area contributed by atoms with E-state index >= 15 is 0 Å². The van der Waals surface area contributed by atoms with Gasteiger partial charge in [0.25, 0.3) is 0 Å². The highest BCUT2D eigenvalue weighted by Crippen LogP contribution is 2.50. The quantitative estimate of drug-likeness (QED) is 0.672. The molecule has 2 rings (SSSR count). The van der Waals surface area contributed by atoms with E-state index in [2.05, 4.69) is 4.74 Å². The molecule has 1 heterocycles. The molecule has 0 aromatic rings. The first kappa shape index (κ1) is 14.8. The van der Waals surface area contributed by atoms with Crippen LogP contribution in [0.1, 0.15) is 20.3 Å². The second-order valence-electron chi connectivity index (χ2n) is 5.32. The lowest BCUT2D eigenvalue weighted by Crippen LogP contribution is -2.47. The Morgan fingerprint density at radius 1 is 1.45 bits per heavy atom. The van der Waals surface area contributed by atoms with Gasteiger partial charge in [0.2, 0.25) is 6.29 Å². The largest absolute Gasteiger partial charge is 0.472 e. The Kier molecular flexibility index (Phi) is 3.75. The number of hydrogen-bond acceptors (Lipinski definition) is 7. The van der Waals surface area contributed by atoms with Crippen molar-refractivity contribution in [2.24, 2.45) is 11.8 Å². The smallest absolute Gasteiger partial charge is 0.337 e. The highest BCUT2D eigenvalue weighted by atomic mass is 16.6. The molecule has 5 atom stereocenters. The zero-order chi connectivity index (χ0) is 15.1. The third kappa shape index (κ3) is 2.27. The molecule has 1 aliphatic heterocycles. The normalized spacial score (nSPS) is 39.4. The van der Waals surface area contributed by atoms with E-state index in [1.54, 1.807) is 6.92 Å². The number of carbonyl (C=O) groups excluding carboxylic acids is 2. The number of esters is 2. The fraction of sp³-hybridized carbons (Fsp3) is 0.692. The van der Waals surface area contributed by atoms with Gasteiger partial charge in [0.15, 0.2) is 0 Å². The van der Waals surface area contributed by atoms with Gasteiger partial charge in [0.1, 0.15) is 5.60 Å². The van der Waals surface area contributed by atoms with Crippen molar-refractivity contribution in [2.45, 2.75) is 38.3 Å². The minimum atomic E-state index is -1.27. The summed E-state index contributed by atoms with van der Waals surface area (Å²) in [6.07, 6.45) is -1.000. The molecule has 0 bridgehead atoms. The lowest BCUT2D eigenvalue weighted by molar-refractivity contribution is -0.189. The van der Waals surface area contributed by atoms with Crippen LogP contribution in [0.3, 0.4) is 0 Å². The number of carbonyl (C=O) groups is 2. The van der Waals surface area contributed by atoms with Crippen LogP contribution >= 0.6 is 0 Å². The Morgan fingerprint density at radius 2 is 2.10 bits per heavy atom. The summed E-state index contributed by atoms with van der Waals surface area (Å²) < 4.78 is 14.9. The van der Waals surface area contributed by atoms with Gasteiger partial charge < -0.3 is 24.4 Å². The zero-order valence-electron chi connectivity index (χ0n) is 11.5. The maximum atomic E-state index is 11.7. The molecule has 7 nitrogen and oxygen atoms in total. The molecule has 1 fully saturated rings. The summed E-state index contributed by atoms with van der Waals surface area (Å²) in [5.41, 5.74) is -0.978. The molecule has 0 aromatic heterocycles. The van der Waals surface area contributed by atoms with Gasteiger partial charge in [0.05, 0.1) is 31.0 Å². The van der Waals surface area contributed by atoms with Crippen LogP contribution in [-0.4, -0.2) is 47.3 Å². The van der Waals surface area contributed by atoms with E-state index in [1.807, 2.05) is 0 Å². The molecule has 1 saturated carbocycles. The van der Waals surface area contributed by atoms with E-state index in [9.17, 15) is 19.8 Å². The third-order valence-electron chi connectivity index (χ3n) is 3.92. The molecule has 0 aromatic carbocycles. The van der Waals surface area contributed by atoms with Crippen molar-refractivity contribution < 1.29 is 34.0 Å². The van der Waals surface area contributed by atoms with Crippen LogP contribution in [0.5, 0.6) is 0 Å². The summed E-state index contributed by atoms with van der Waals surface area (Å²) in [6.45, 7) is 2.85. The topological polar surface area (TPSA) is 102 Å². The van der Waals surface area contributed by atoms with Gasteiger partial charge in [-0.25, -0.2) is 4.79 Å². The SMILES string of the molecule is COC(=O)C1=CO[C@@H](O)[C@H]2[C@@H]1[C@H](O)C[C@]2(C)OC(C)=O. The van der Waals surface area contributed by atoms with E-state index in [0.29, 0.717) is 0 Å². The molecule has 112 valence electrons. The molecule has 0 saturated heterocycles. The fourth-order valence-electron chi connectivity index (χ4n) is 3.22. The van der Waals surface area contributed by atoms with E-state index in [1.165, 1.54) is 14.0 Å². The van der Waals surface area contributed by atoms with Crippen LogP contribution in [0.15, 0.2) is 11.8 Å². The Bertz CT molecular complexity index is 458. The lowest BCUT2D eigenvalue weighted by Gasteiger charge is -2.38. The van der Waals surface area contributed by atoms with Crippen molar-refractivity contribution in [3.8, 4) is 0 Å². The van der Waals surface area contributed by atoms with Crippen molar-refractivity contribution in [1.82, 2.24) is 0 Å². The zero-order valence-corrected chi connectivity index (χ0v) is 11.5. The van der Waals surface area contributed by atoms with Crippen molar-refractivity contribution in [1.29, 1.82) is 0 Å². The van der Waals surface area contributed by atoms with E-state index in [-0.39, 0.29) is 12.0 Å². The molecular weight excluding hydrogens is 268 g/mol. The summed E-state index contributed by atoms with van der Waals surface area (Å²) >= 11 is 0. The fourth-order valence-corrected chi connectivity index (χ4v) is 3.22. The number of fused-ring (bicyclic) bond motifs is 1. The van der Waals surface area contributed by atoms with Gasteiger partial charge in [-0.3, -0.25) is 4.79 Å². The maximum absolute atomic E-state index is 11.7. The van der Waals surface area contributed by atoms with Gasteiger partial charge in [-0.2, -0.15) is 0 Å². The molecule has 2 N–H and O–H groups in total. The summed E-state index contributed by atoms with van der Waals surface area (Å²) in [4.78, 5) is 23.0. The summed E-state index contributed by atoms with van der Waals surface area (Å²) in [5.74, 6) is -2.60. The minimum absolute atomic E-state index is 0.108. The van der Waals surface area contributed by atoms with Gasteiger partial charge in [-0.05, 0) is 6.92 Å². The highest BCUT2D eigenvalue weighted by molar-refractivity contribution is 5.89. The van der Waals surface area contributed by atoms with Crippen molar-refractivity contribution >= 4 is 11.9 Å². The Labute approximate surface area is 116 Å². The van der Waals surface area contributed by atoms with E-state index in [4.69, 9.17) is 9.47 Å². The van der Waals surface area contributed by atoms with Crippen molar-refractivity contribution in [2.75, 3.05) is 7.11 Å². The molecular formula is C13H18O7. The van der Waals surface area contributed by atoms with Crippen LogP contribution < -0.4 is 0 Å². The summed E-state index contributed by atoms with van der Waals surface area (Å²) in [7, 11) is 1.22. The van der Waals surface area contributed by atoms with E-state index in [0.717, 1.165) is 6.26 Å². The van der Waals surface area contributed by atoms with Gasteiger partial charge in [0, 0.05) is 19.3 Å². The standard InChI is InChI=1S/C13H18O7/c1-6(14)20-13(2)4-8(15)9-7(11(16)18-3)5-19-12(17)10(9)13/h5,8-10,12,15,17H,4H2,1-3H3/t8-,9+,10-,12-,13+/m1/s1. The van der Waals surface area contributed by atoms with Crippen LogP contribution in [0.25, 0.3) is 0 Å². The minimum Gasteiger partial charge on any atom is -0.472 e. The van der Waals surface area contributed by atoms with Gasteiger partial charge in [-0.1, -0.05) is 0 Å². The molecule has 2 aliphatic rings. The first-order valence-corrected chi connectivity index (χ1v) is 6.29. The molecule has 0 amide bonds. The molecule has 7 heteroatoms. The third-order valence-corrected chi connectivity index (χ3v) is 3.92. The predicted molar refractivity (Wildman–Crippen MR) is 65.0 cm³/mol. The molecule has 0 radical (unpaired) electrons. The average Bonchev–Trinajstić information content (AvgIpc) is 2.60.